The van der Waals surface area contributed by atoms with Crippen molar-refractivity contribution in [2.45, 2.75) is 51.4 Å². The van der Waals surface area contributed by atoms with Gasteiger partial charge in [0.2, 0.25) is 0 Å². The molecule has 0 saturated heterocycles. The zero-order valence-corrected chi connectivity index (χ0v) is 11.0. The molecule has 0 amide bonds. The third-order valence-corrected chi connectivity index (χ3v) is 3.30. The van der Waals surface area contributed by atoms with E-state index in [9.17, 15) is 0 Å². The second kappa shape index (κ2) is 6.99. The Labute approximate surface area is 108 Å². The summed E-state index contributed by atoms with van der Waals surface area (Å²) in [4.78, 5) is 15.2. The van der Waals surface area contributed by atoms with Crippen molar-refractivity contribution in [3.8, 4) is 0 Å². The van der Waals surface area contributed by atoms with Gasteiger partial charge in [0.25, 0.3) is 0 Å². The molecule has 0 radical (unpaired) electrons. The summed E-state index contributed by atoms with van der Waals surface area (Å²) < 4.78 is 0. The average molecular weight is 246 g/mol. The highest BCUT2D eigenvalue weighted by Crippen LogP contribution is 2.25. The van der Waals surface area contributed by atoms with Gasteiger partial charge in [0.1, 0.15) is 11.6 Å². The highest BCUT2D eigenvalue weighted by atomic mass is 15.0. The third kappa shape index (κ3) is 3.45. The fourth-order valence-electron chi connectivity index (χ4n) is 2.29. The molecule has 0 atom stereocenters. The molecule has 4 nitrogen and oxygen atoms in total. The number of aromatic nitrogens is 4. The number of unbranched alkanes of at least 4 members (excludes halogenated alkanes) is 4. The average Bonchev–Trinajstić information content (AvgIpc) is 3.06. The maximum Gasteiger partial charge on any atom is 0.116 e. The molecule has 0 fully saturated rings. The maximum absolute atomic E-state index is 4.37. The number of imidazole rings is 2. The van der Waals surface area contributed by atoms with Crippen molar-refractivity contribution in [1.82, 2.24) is 19.9 Å². The first-order chi connectivity index (χ1) is 8.92. The number of hydrogen-bond acceptors (Lipinski definition) is 2. The lowest BCUT2D eigenvalue weighted by molar-refractivity contribution is 0.558. The van der Waals surface area contributed by atoms with E-state index in [0.717, 1.165) is 18.1 Å². The molecule has 2 N–H and O–H groups in total. The predicted molar refractivity (Wildman–Crippen MR) is 72.4 cm³/mol. The molecule has 18 heavy (non-hydrogen) atoms. The molecule has 2 aromatic heterocycles. The molecule has 0 aliphatic carbocycles. The molecule has 2 heterocycles. The molecule has 0 aromatic carbocycles. The maximum atomic E-state index is 4.37. The molecule has 0 spiro atoms. The molecule has 2 aromatic rings. The first-order valence-corrected chi connectivity index (χ1v) is 6.90. The van der Waals surface area contributed by atoms with Gasteiger partial charge in [-0.2, -0.15) is 0 Å². The summed E-state index contributed by atoms with van der Waals surface area (Å²) in [5, 5.41) is 0. The van der Waals surface area contributed by atoms with Crippen LogP contribution in [0.15, 0.2) is 24.8 Å². The van der Waals surface area contributed by atoms with Crippen molar-refractivity contribution in [1.29, 1.82) is 0 Å². The van der Waals surface area contributed by atoms with Gasteiger partial charge in [0, 0.05) is 24.8 Å². The molecule has 2 rings (SSSR count). The van der Waals surface area contributed by atoms with Crippen LogP contribution in [-0.4, -0.2) is 19.9 Å². The zero-order valence-electron chi connectivity index (χ0n) is 11.0. The van der Waals surface area contributed by atoms with Gasteiger partial charge in [-0.15, -0.1) is 0 Å². The molecule has 0 saturated carbocycles. The number of hydrogen-bond donors (Lipinski definition) is 2. The minimum Gasteiger partial charge on any atom is -0.348 e. The van der Waals surface area contributed by atoms with Crippen molar-refractivity contribution in [2.75, 3.05) is 0 Å². The van der Waals surface area contributed by atoms with Crippen molar-refractivity contribution in [3.05, 3.63) is 36.4 Å². The lowest BCUT2D eigenvalue weighted by Crippen LogP contribution is -2.05. The molecular formula is C14H22N4. The number of H-pyrrole nitrogens is 2. The van der Waals surface area contributed by atoms with Gasteiger partial charge in [-0.1, -0.05) is 39.0 Å². The van der Waals surface area contributed by atoms with Crippen molar-refractivity contribution >= 4 is 0 Å². The van der Waals surface area contributed by atoms with Crippen molar-refractivity contribution < 1.29 is 0 Å². The number of nitrogens with one attached hydrogen (secondary N) is 2. The first kappa shape index (κ1) is 12.9. The second-order valence-electron chi connectivity index (χ2n) is 4.70. The molecular weight excluding hydrogens is 224 g/mol. The van der Waals surface area contributed by atoms with Gasteiger partial charge >= 0.3 is 0 Å². The van der Waals surface area contributed by atoms with Crippen LogP contribution in [0.4, 0.5) is 0 Å². The molecule has 0 aliphatic heterocycles. The smallest absolute Gasteiger partial charge is 0.116 e. The van der Waals surface area contributed by atoms with Crippen molar-refractivity contribution in [3.63, 3.8) is 0 Å². The van der Waals surface area contributed by atoms with Crippen LogP contribution in [0.25, 0.3) is 0 Å². The molecule has 0 unspecified atom stereocenters. The van der Waals surface area contributed by atoms with E-state index in [-0.39, 0.29) is 5.92 Å². The highest BCUT2D eigenvalue weighted by Gasteiger charge is 2.18. The Bertz CT molecular complexity index is 371. The number of rotatable bonds is 8. The quantitative estimate of drug-likeness (QED) is 0.699. The fraction of sp³-hybridized carbons (Fsp3) is 0.571. The largest absolute Gasteiger partial charge is 0.348 e. The van der Waals surface area contributed by atoms with E-state index in [1.54, 1.807) is 0 Å². The van der Waals surface area contributed by atoms with Gasteiger partial charge in [-0.3, -0.25) is 0 Å². The summed E-state index contributed by atoms with van der Waals surface area (Å²) in [6.07, 6.45) is 15.0. The van der Waals surface area contributed by atoms with E-state index in [2.05, 4.69) is 26.9 Å². The van der Waals surface area contributed by atoms with Crippen LogP contribution in [0, 0.1) is 0 Å². The van der Waals surface area contributed by atoms with Crippen LogP contribution in [0.5, 0.6) is 0 Å². The zero-order chi connectivity index (χ0) is 12.6. The van der Waals surface area contributed by atoms with E-state index in [4.69, 9.17) is 0 Å². The summed E-state index contributed by atoms with van der Waals surface area (Å²) in [5.74, 6) is 2.30. The van der Waals surface area contributed by atoms with Crippen LogP contribution in [-0.2, 0) is 0 Å². The minimum absolute atomic E-state index is 0.275. The van der Waals surface area contributed by atoms with E-state index in [1.807, 2.05) is 24.8 Å². The number of aromatic amines is 2. The molecule has 0 bridgehead atoms. The topological polar surface area (TPSA) is 57.4 Å². The van der Waals surface area contributed by atoms with Crippen molar-refractivity contribution in [2.24, 2.45) is 0 Å². The Morgan fingerprint density at radius 3 is 2.06 bits per heavy atom. The van der Waals surface area contributed by atoms with E-state index in [0.29, 0.717) is 0 Å². The first-order valence-electron chi connectivity index (χ1n) is 6.90. The van der Waals surface area contributed by atoms with Crippen LogP contribution >= 0.6 is 0 Å². The van der Waals surface area contributed by atoms with Crippen LogP contribution in [0.3, 0.4) is 0 Å². The highest BCUT2D eigenvalue weighted by molar-refractivity contribution is 5.11. The van der Waals surface area contributed by atoms with Crippen LogP contribution < -0.4 is 0 Å². The Morgan fingerprint density at radius 1 is 0.944 bits per heavy atom. The Hall–Kier alpha value is -1.58. The van der Waals surface area contributed by atoms with Crippen LogP contribution in [0.2, 0.25) is 0 Å². The third-order valence-electron chi connectivity index (χ3n) is 3.30. The Morgan fingerprint density at radius 2 is 1.56 bits per heavy atom. The summed E-state index contributed by atoms with van der Waals surface area (Å²) >= 11 is 0. The lowest BCUT2D eigenvalue weighted by atomic mass is 9.99. The number of nitrogens with zero attached hydrogens (tertiary/aromatic N) is 2. The van der Waals surface area contributed by atoms with E-state index < -0.39 is 0 Å². The van der Waals surface area contributed by atoms with Gasteiger partial charge in [0.15, 0.2) is 0 Å². The summed E-state index contributed by atoms with van der Waals surface area (Å²) in [6.45, 7) is 2.24. The normalized spacial score (nSPS) is 11.2. The van der Waals surface area contributed by atoms with Gasteiger partial charge in [-0.25, -0.2) is 9.97 Å². The standard InChI is InChI=1S/C14H22N4/c1-2-3-4-5-6-7-12(13-15-8-9-16-13)14-17-10-11-18-14/h8-12H,2-7H2,1H3,(H,15,16)(H,17,18). The monoisotopic (exact) mass is 246 g/mol. The molecule has 0 aliphatic rings. The molecule has 4 heteroatoms. The van der Waals surface area contributed by atoms with Gasteiger partial charge in [0.05, 0.1) is 5.92 Å². The minimum atomic E-state index is 0.275. The van der Waals surface area contributed by atoms with E-state index in [1.165, 1.54) is 32.1 Å². The lowest BCUT2D eigenvalue weighted by Gasteiger charge is -2.12. The Kier molecular flexibility index (Phi) is 5.00. The predicted octanol–water partition coefficient (Wildman–Crippen LogP) is 3.63. The van der Waals surface area contributed by atoms with Gasteiger partial charge in [-0.05, 0) is 6.42 Å². The summed E-state index contributed by atoms with van der Waals surface area (Å²) in [5.41, 5.74) is 0. The van der Waals surface area contributed by atoms with Crippen LogP contribution in [0.1, 0.15) is 63.0 Å². The summed E-state index contributed by atoms with van der Waals surface area (Å²) in [6, 6.07) is 0. The Balaban J connectivity index is 1.90. The summed E-state index contributed by atoms with van der Waals surface area (Å²) in [7, 11) is 0. The second-order valence-corrected chi connectivity index (χ2v) is 4.70. The van der Waals surface area contributed by atoms with Gasteiger partial charge < -0.3 is 9.97 Å². The fourth-order valence-corrected chi connectivity index (χ4v) is 2.29. The SMILES string of the molecule is CCCCCCCC(c1ncc[nH]1)c1ncc[nH]1. The molecule has 98 valence electrons. The van der Waals surface area contributed by atoms with E-state index >= 15 is 0 Å².